The minimum absolute atomic E-state index is 0.174. The number of aromatic nitrogens is 2. The van der Waals surface area contributed by atoms with Gasteiger partial charge < -0.3 is 15.4 Å². The first-order chi connectivity index (χ1) is 13.5. The third kappa shape index (κ3) is 4.63. The standard InChI is InChI=1S/C20H17ClN4O3/c1-12-8-14(21)6-7-16(12)25-18-10-17(22-11-23-18)19(26)24-15-5-3-4-13(9-15)20(27)28-2/h3-11H,1-2H3,(H,24,26)(H,22,23,25). The van der Waals surface area contributed by atoms with Gasteiger partial charge in [-0.05, 0) is 48.9 Å². The van der Waals surface area contributed by atoms with E-state index in [1.54, 1.807) is 24.3 Å². The second-order valence-electron chi connectivity index (χ2n) is 5.90. The fourth-order valence-corrected chi connectivity index (χ4v) is 2.72. The second-order valence-corrected chi connectivity index (χ2v) is 6.34. The summed E-state index contributed by atoms with van der Waals surface area (Å²) in [5.41, 5.74) is 2.72. The zero-order valence-electron chi connectivity index (χ0n) is 15.2. The van der Waals surface area contributed by atoms with E-state index in [0.717, 1.165) is 11.3 Å². The van der Waals surface area contributed by atoms with E-state index in [0.29, 0.717) is 22.1 Å². The summed E-state index contributed by atoms with van der Waals surface area (Å²) in [5, 5.41) is 6.48. The van der Waals surface area contributed by atoms with E-state index in [-0.39, 0.29) is 5.69 Å². The number of nitrogens with one attached hydrogen (secondary N) is 2. The fraction of sp³-hybridized carbons (Fsp3) is 0.100. The molecule has 0 saturated heterocycles. The predicted octanol–water partition coefficient (Wildman–Crippen LogP) is 4.22. The van der Waals surface area contributed by atoms with Crippen molar-refractivity contribution < 1.29 is 14.3 Å². The Labute approximate surface area is 166 Å². The molecule has 8 heteroatoms. The van der Waals surface area contributed by atoms with Crippen LogP contribution in [0.3, 0.4) is 0 Å². The molecular weight excluding hydrogens is 380 g/mol. The topological polar surface area (TPSA) is 93.2 Å². The van der Waals surface area contributed by atoms with Gasteiger partial charge in [-0.3, -0.25) is 4.79 Å². The van der Waals surface area contributed by atoms with Gasteiger partial charge in [-0.2, -0.15) is 0 Å². The molecule has 1 amide bonds. The third-order valence-electron chi connectivity index (χ3n) is 3.89. The average molecular weight is 397 g/mol. The molecule has 2 N–H and O–H groups in total. The summed E-state index contributed by atoms with van der Waals surface area (Å²) in [4.78, 5) is 32.3. The Morgan fingerprint density at radius 2 is 1.89 bits per heavy atom. The maximum atomic E-state index is 12.5. The molecule has 7 nitrogen and oxygen atoms in total. The van der Waals surface area contributed by atoms with Gasteiger partial charge in [-0.15, -0.1) is 0 Å². The van der Waals surface area contributed by atoms with Crippen LogP contribution in [-0.4, -0.2) is 29.0 Å². The highest BCUT2D eigenvalue weighted by Crippen LogP contribution is 2.23. The van der Waals surface area contributed by atoms with E-state index in [2.05, 4.69) is 25.3 Å². The van der Waals surface area contributed by atoms with Gasteiger partial charge in [0.1, 0.15) is 17.8 Å². The van der Waals surface area contributed by atoms with Crippen LogP contribution in [0.2, 0.25) is 5.02 Å². The van der Waals surface area contributed by atoms with Crippen LogP contribution in [0.15, 0.2) is 54.9 Å². The zero-order valence-corrected chi connectivity index (χ0v) is 15.9. The Morgan fingerprint density at radius 1 is 1.07 bits per heavy atom. The van der Waals surface area contributed by atoms with Gasteiger partial charge in [-0.1, -0.05) is 17.7 Å². The normalized spacial score (nSPS) is 10.2. The maximum absolute atomic E-state index is 12.5. The summed E-state index contributed by atoms with van der Waals surface area (Å²) >= 11 is 5.97. The number of carbonyl (C=O) groups excluding carboxylic acids is 2. The minimum Gasteiger partial charge on any atom is -0.465 e. The summed E-state index contributed by atoms with van der Waals surface area (Å²) < 4.78 is 4.68. The molecule has 0 aliphatic rings. The molecule has 1 heterocycles. The summed E-state index contributed by atoms with van der Waals surface area (Å²) in [6.45, 7) is 1.91. The van der Waals surface area contributed by atoms with Crippen LogP contribution in [-0.2, 0) is 4.74 Å². The molecule has 3 aromatic rings. The molecule has 0 saturated carbocycles. The second kappa shape index (κ2) is 8.49. The van der Waals surface area contributed by atoms with Crippen molar-refractivity contribution in [3.63, 3.8) is 0 Å². The molecule has 0 atom stereocenters. The van der Waals surface area contributed by atoms with Crippen LogP contribution >= 0.6 is 11.6 Å². The molecule has 3 rings (SSSR count). The number of hydrogen-bond acceptors (Lipinski definition) is 6. The minimum atomic E-state index is -0.483. The fourth-order valence-electron chi connectivity index (χ4n) is 2.49. The molecule has 0 fully saturated rings. The lowest BCUT2D eigenvalue weighted by Gasteiger charge is -2.10. The smallest absolute Gasteiger partial charge is 0.337 e. The molecule has 28 heavy (non-hydrogen) atoms. The van der Waals surface area contributed by atoms with Gasteiger partial charge in [-0.25, -0.2) is 14.8 Å². The highest BCUT2D eigenvalue weighted by Gasteiger charge is 2.12. The van der Waals surface area contributed by atoms with E-state index in [4.69, 9.17) is 11.6 Å². The van der Waals surface area contributed by atoms with E-state index >= 15 is 0 Å². The quantitative estimate of drug-likeness (QED) is 0.627. The number of carbonyl (C=O) groups is 2. The SMILES string of the molecule is COC(=O)c1cccc(NC(=O)c2cc(Nc3ccc(Cl)cc3C)ncn2)c1. The predicted molar refractivity (Wildman–Crippen MR) is 107 cm³/mol. The number of methoxy groups -OCH3 is 1. The van der Waals surface area contributed by atoms with Crippen molar-refractivity contribution in [1.82, 2.24) is 9.97 Å². The third-order valence-corrected chi connectivity index (χ3v) is 4.13. The van der Waals surface area contributed by atoms with Crippen LogP contribution < -0.4 is 10.6 Å². The number of aryl methyl sites for hydroxylation is 1. The van der Waals surface area contributed by atoms with Gasteiger partial charge in [0.2, 0.25) is 0 Å². The number of halogens is 1. The lowest BCUT2D eigenvalue weighted by atomic mass is 10.2. The summed E-state index contributed by atoms with van der Waals surface area (Å²) in [6, 6.07) is 13.4. The molecule has 142 valence electrons. The summed E-state index contributed by atoms with van der Waals surface area (Å²) in [7, 11) is 1.30. The van der Waals surface area contributed by atoms with Crippen molar-refractivity contribution in [3.8, 4) is 0 Å². The molecule has 0 aliphatic heterocycles. The molecule has 0 spiro atoms. The van der Waals surface area contributed by atoms with Crippen molar-refractivity contribution in [2.45, 2.75) is 6.92 Å². The Morgan fingerprint density at radius 3 is 2.64 bits per heavy atom. The first-order valence-electron chi connectivity index (χ1n) is 8.31. The number of esters is 1. The van der Waals surface area contributed by atoms with Crippen LogP contribution in [0.1, 0.15) is 26.4 Å². The Bertz CT molecular complexity index is 1040. The highest BCUT2D eigenvalue weighted by atomic mass is 35.5. The van der Waals surface area contributed by atoms with E-state index < -0.39 is 11.9 Å². The van der Waals surface area contributed by atoms with Crippen LogP contribution in [0.5, 0.6) is 0 Å². The molecule has 0 radical (unpaired) electrons. The van der Waals surface area contributed by atoms with E-state index in [1.165, 1.54) is 25.6 Å². The summed E-state index contributed by atoms with van der Waals surface area (Å²) in [5.74, 6) is -0.447. The number of anilines is 3. The van der Waals surface area contributed by atoms with Crippen LogP contribution in [0.25, 0.3) is 0 Å². The molecule has 2 aromatic carbocycles. The number of nitrogens with zero attached hydrogens (tertiary/aromatic N) is 2. The van der Waals surface area contributed by atoms with Crippen LogP contribution in [0, 0.1) is 6.92 Å². The summed E-state index contributed by atoms with van der Waals surface area (Å²) in [6.07, 6.45) is 1.30. The largest absolute Gasteiger partial charge is 0.465 e. The van der Waals surface area contributed by atoms with E-state index in [9.17, 15) is 9.59 Å². The van der Waals surface area contributed by atoms with Gasteiger partial charge in [0.15, 0.2) is 0 Å². The average Bonchev–Trinajstić information content (AvgIpc) is 2.70. The molecular formula is C20H17ClN4O3. The number of hydrogen-bond donors (Lipinski definition) is 2. The van der Waals surface area contributed by atoms with Gasteiger partial charge in [0.25, 0.3) is 5.91 Å². The van der Waals surface area contributed by atoms with Crippen molar-refractivity contribution in [2.75, 3.05) is 17.7 Å². The molecule has 1 aromatic heterocycles. The number of amides is 1. The number of benzene rings is 2. The van der Waals surface area contributed by atoms with Gasteiger partial charge >= 0.3 is 5.97 Å². The molecule has 0 bridgehead atoms. The monoisotopic (exact) mass is 396 g/mol. The lowest BCUT2D eigenvalue weighted by Crippen LogP contribution is -2.15. The molecule has 0 aliphatic carbocycles. The van der Waals surface area contributed by atoms with Gasteiger partial charge in [0.05, 0.1) is 12.7 Å². The Kier molecular flexibility index (Phi) is 5.86. The van der Waals surface area contributed by atoms with Gasteiger partial charge in [0, 0.05) is 22.5 Å². The first kappa shape index (κ1) is 19.3. The molecule has 0 unspecified atom stereocenters. The Balaban J connectivity index is 1.76. The van der Waals surface area contributed by atoms with Crippen molar-refractivity contribution >= 4 is 40.7 Å². The number of ether oxygens (including phenoxy) is 1. The first-order valence-corrected chi connectivity index (χ1v) is 8.69. The van der Waals surface area contributed by atoms with Crippen molar-refractivity contribution in [3.05, 3.63) is 76.7 Å². The van der Waals surface area contributed by atoms with Crippen LogP contribution in [0.4, 0.5) is 17.2 Å². The lowest BCUT2D eigenvalue weighted by molar-refractivity contribution is 0.0600. The van der Waals surface area contributed by atoms with E-state index in [1.807, 2.05) is 19.1 Å². The Hall–Kier alpha value is -3.45. The highest BCUT2D eigenvalue weighted by molar-refractivity contribution is 6.30. The van der Waals surface area contributed by atoms with Crippen molar-refractivity contribution in [1.29, 1.82) is 0 Å². The zero-order chi connectivity index (χ0) is 20.1. The van der Waals surface area contributed by atoms with Crippen molar-refractivity contribution in [2.24, 2.45) is 0 Å². The number of rotatable bonds is 5. The maximum Gasteiger partial charge on any atom is 0.337 e.